The molecular formula is C15H22N2O4. The molecule has 1 amide bonds. The highest BCUT2D eigenvalue weighted by Crippen LogP contribution is 2.15. The van der Waals surface area contributed by atoms with Crippen molar-refractivity contribution >= 4 is 17.6 Å². The standard InChI is InChI=1S/C15H22N2O4/c1-3-4-9-16-13(15(19)20)10-14(18)17-11-5-7-12(21-2)8-6-11/h5-8,13,16H,3-4,9-10H2,1-2H3,(H,17,18)(H,19,20)/t13-/m1/s1. The second-order valence-electron chi connectivity index (χ2n) is 4.68. The van der Waals surface area contributed by atoms with Crippen molar-refractivity contribution in [2.75, 3.05) is 19.0 Å². The number of aliphatic carboxylic acids is 1. The van der Waals surface area contributed by atoms with Crippen LogP contribution in [0.5, 0.6) is 5.75 Å². The highest BCUT2D eigenvalue weighted by atomic mass is 16.5. The highest BCUT2D eigenvalue weighted by molar-refractivity contribution is 5.94. The molecule has 0 aliphatic heterocycles. The summed E-state index contributed by atoms with van der Waals surface area (Å²) < 4.78 is 5.02. The first kappa shape index (κ1) is 17.0. The van der Waals surface area contributed by atoms with Gasteiger partial charge in [0.25, 0.3) is 0 Å². The van der Waals surface area contributed by atoms with Crippen LogP contribution in [0.3, 0.4) is 0 Å². The summed E-state index contributed by atoms with van der Waals surface area (Å²) in [6, 6.07) is 6.00. The van der Waals surface area contributed by atoms with Gasteiger partial charge in [-0.05, 0) is 37.2 Å². The van der Waals surface area contributed by atoms with Crippen molar-refractivity contribution in [2.45, 2.75) is 32.2 Å². The lowest BCUT2D eigenvalue weighted by atomic mass is 10.2. The minimum absolute atomic E-state index is 0.106. The summed E-state index contributed by atoms with van der Waals surface area (Å²) in [5, 5.41) is 14.6. The summed E-state index contributed by atoms with van der Waals surface area (Å²) in [4.78, 5) is 23.0. The summed E-state index contributed by atoms with van der Waals surface area (Å²) in [6.07, 6.45) is 1.74. The van der Waals surface area contributed by atoms with Crippen molar-refractivity contribution in [2.24, 2.45) is 0 Å². The summed E-state index contributed by atoms with van der Waals surface area (Å²) in [5.41, 5.74) is 0.610. The van der Waals surface area contributed by atoms with Crippen molar-refractivity contribution in [1.29, 1.82) is 0 Å². The van der Waals surface area contributed by atoms with Crippen LogP contribution < -0.4 is 15.4 Å². The molecule has 0 aromatic heterocycles. The Bertz CT molecular complexity index is 459. The number of hydrogen-bond acceptors (Lipinski definition) is 4. The number of amides is 1. The second kappa shape index (κ2) is 8.97. The molecule has 1 aromatic rings. The fraction of sp³-hybridized carbons (Fsp3) is 0.467. The number of nitrogens with one attached hydrogen (secondary N) is 2. The Morgan fingerprint density at radius 1 is 1.29 bits per heavy atom. The lowest BCUT2D eigenvalue weighted by molar-refractivity contribution is -0.141. The van der Waals surface area contributed by atoms with Crippen LogP contribution in [0.15, 0.2) is 24.3 Å². The monoisotopic (exact) mass is 294 g/mol. The van der Waals surface area contributed by atoms with E-state index >= 15 is 0 Å². The predicted octanol–water partition coefficient (Wildman–Crippen LogP) is 1.87. The van der Waals surface area contributed by atoms with Gasteiger partial charge in [0, 0.05) is 5.69 Å². The van der Waals surface area contributed by atoms with Crippen molar-refractivity contribution in [3.8, 4) is 5.75 Å². The average Bonchev–Trinajstić information content (AvgIpc) is 2.47. The number of methoxy groups -OCH3 is 1. The first-order valence-electron chi connectivity index (χ1n) is 6.97. The van der Waals surface area contributed by atoms with Crippen molar-refractivity contribution in [3.63, 3.8) is 0 Å². The topological polar surface area (TPSA) is 87.7 Å². The van der Waals surface area contributed by atoms with Gasteiger partial charge >= 0.3 is 5.97 Å². The highest BCUT2D eigenvalue weighted by Gasteiger charge is 2.20. The Labute approximate surface area is 124 Å². The molecule has 6 heteroatoms. The molecule has 0 unspecified atom stereocenters. The van der Waals surface area contributed by atoms with E-state index in [0.717, 1.165) is 12.8 Å². The number of hydrogen-bond donors (Lipinski definition) is 3. The lowest BCUT2D eigenvalue weighted by Gasteiger charge is -2.14. The molecule has 1 atom stereocenters. The molecule has 116 valence electrons. The van der Waals surface area contributed by atoms with Gasteiger partial charge in [0.2, 0.25) is 5.91 Å². The molecule has 0 heterocycles. The molecule has 0 saturated carbocycles. The maximum absolute atomic E-state index is 11.9. The molecule has 0 spiro atoms. The quantitative estimate of drug-likeness (QED) is 0.605. The van der Waals surface area contributed by atoms with Gasteiger partial charge < -0.3 is 20.5 Å². The number of carboxylic acid groups (broad SMARTS) is 1. The van der Waals surface area contributed by atoms with Crippen LogP contribution in [0, 0.1) is 0 Å². The van der Waals surface area contributed by atoms with E-state index in [0.29, 0.717) is 18.0 Å². The second-order valence-corrected chi connectivity index (χ2v) is 4.68. The molecule has 1 aromatic carbocycles. The third kappa shape index (κ3) is 6.27. The Kier molecular flexibility index (Phi) is 7.25. The fourth-order valence-corrected chi connectivity index (χ4v) is 1.77. The normalized spacial score (nSPS) is 11.7. The van der Waals surface area contributed by atoms with Crippen LogP contribution in [0.4, 0.5) is 5.69 Å². The summed E-state index contributed by atoms with van der Waals surface area (Å²) in [5.74, 6) is -0.662. The van der Waals surface area contributed by atoms with Crippen LogP contribution in [0.25, 0.3) is 0 Å². The molecule has 0 radical (unpaired) electrons. The Morgan fingerprint density at radius 2 is 1.95 bits per heavy atom. The van der Waals surface area contributed by atoms with Crippen molar-refractivity contribution in [3.05, 3.63) is 24.3 Å². The molecule has 0 aliphatic rings. The van der Waals surface area contributed by atoms with Gasteiger partial charge in [0.05, 0.1) is 13.5 Å². The summed E-state index contributed by atoms with van der Waals surface area (Å²) >= 11 is 0. The number of carbonyl (C=O) groups excluding carboxylic acids is 1. The van der Waals surface area contributed by atoms with Gasteiger partial charge in [0.1, 0.15) is 11.8 Å². The molecule has 6 nitrogen and oxygen atoms in total. The number of unbranched alkanes of at least 4 members (excludes halogenated alkanes) is 1. The number of anilines is 1. The fourth-order valence-electron chi connectivity index (χ4n) is 1.77. The molecule has 0 aliphatic carbocycles. The van der Waals surface area contributed by atoms with Crippen LogP contribution >= 0.6 is 0 Å². The zero-order valence-electron chi connectivity index (χ0n) is 12.4. The van der Waals surface area contributed by atoms with Gasteiger partial charge in [0.15, 0.2) is 0 Å². The SMILES string of the molecule is CCCCN[C@H](CC(=O)Nc1ccc(OC)cc1)C(=O)O. The van der Waals surface area contributed by atoms with Crippen LogP contribution in [-0.2, 0) is 9.59 Å². The smallest absolute Gasteiger partial charge is 0.321 e. The van der Waals surface area contributed by atoms with Gasteiger partial charge in [-0.1, -0.05) is 13.3 Å². The minimum Gasteiger partial charge on any atom is -0.497 e. The number of rotatable bonds is 9. The third-order valence-corrected chi connectivity index (χ3v) is 2.98. The maximum atomic E-state index is 11.9. The predicted molar refractivity (Wildman–Crippen MR) is 80.6 cm³/mol. The van der Waals surface area contributed by atoms with E-state index in [1.807, 2.05) is 6.92 Å². The van der Waals surface area contributed by atoms with E-state index < -0.39 is 12.0 Å². The lowest BCUT2D eigenvalue weighted by Crippen LogP contribution is -2.40. The van der Waals surface area contributed by atoms with Gasteiger partial charge in [-0.15, -0.1) is 0 Å². The molecule has 1 rings (SSSR count). The van der Waals surface area contributed by atoms with Gasteiger partial charge in [-0.3, -0.25) is 9.59 Å². The number of benzene rings is 1. The minimum atomic E-state index is -1.02. The average molecular weight is 294 g/mol. The number of ether oxygens (including phenoxy) is 1. The van der Waals surface area contributed by atoms with Crippen LogP contribution in [0.2, 0.25) is 0 Å². The zero-order chi connectivity index (χ0) is 15.7. The van der Waals surface area contributed by atoms with E-state index in [1.165, 1.54) is 0 Å². The van der Waals surface area contributed by atoms with E-state index in [-0.39, 0.29) is 12.3 Å². The van der Waals surface area contributed by atoms with Gasteiger partial charge in [-0.25, -0.2) is 0 Å². The summed E-state index contributed by atoms with van der Waals surface area (Å²) in [6.45, 7) is 2.61. The zero-order valence-corrected chi connectivity index (χ0v) is 12.4. The van der Waals surface area contributed by atoms with Crippen molar-refractivity contribution in [1.82, 2.24) is 5.32 Å². The molecular weight excluding hydrogens is 272 g/mol. The maximum Gasteiger partial charge on any atom is 0.321 e. The van der Waals surface area contributed by atoms with E-state index in [9.17, 15) is 9.59 Å². The van der Waals surface area contributed by atoms with Gasteiger partial charge in [-0.2, -0.15) is 0 Å². The van der Waals surface area contributed by atoms with E-state index in [4.69, 9.17) is 9.84 Å². The molecule has 0 bridgehead atoms. The van der Waals surface area contributed by atoms with E-state index in [1.54, 1.807) is 31.4 Å². The molecule has 3 N–H and O–H groups in total. The first-order chi connectivity index (χ1) is 10.1. The molecule has 0 saturated heterocycles. The third-order valence-electron chi connectivity index (χ3n) is 2.98. The number of carbonyl (C=O) groups is 2. The molecule has 0 fully saturated rings. The Hall–Kier alpha value is -2.08. The number of carboxylic acids is 1. The Balaban J connectivity index is 2.50. The van der Waals surface area contributed by atoms with Crippen molar-refractivity contribution < 1.29 is 19.4 Å². The Morgan fingerprint density at radius 3 is 2.48 bits per heavy atom. The first-order valence-corrected chi connectivity index (χ1v) is 6.97. The largest absolute Gasteiger partial charge is 0.497 e. The van der Waals surface area contributed by atoms with E-state index in [2.05, 4.69) is 10.6 Å². The van der Waals surface area contributed by atoms with Crippen LogP contribution in [0.1, 0.15) is 26.2 Å². The van der Waals surface area contributed by atoms with Crippen LogP contribution in [-0.4, -0.2) is 36.7 Å². The summed E-state index contributed by atoms with van der Waals surface area (Å²) in [7, 11) is 1.56. The molecule has 21 heavy (non-hydrogen) atoms.